The van der Waals surface area contributed by atoms with Crippen molar-refractivity contribution in [3.05, 3.63) is 58.6 Å². The van der Waals surface area contributed by atoms with E-state index in [9.17, 15) is 19.7 Å². The fraction of sp³-hybridized carbons (Fsp3) is 0.176. The SMILES string of the molecule is CC(=O)Nc1cccc(NC(=O)C(C)Oc2ccccc2[N+](=O)[O-])c1. The number of nitro benzene ring substituents is 1. The van der Waals surface area contributed by atoms with E-state index in [2.05, 4.69) is 10.6 Å². The van der Waals surface area contributed by atoms with Crippen LogP contribution in [0.4, 0.5) is 17.1 Å². The number of nitro groups is 1. The van der Waals surface area contributed by atoms with E-state index in [0.717, 1.165) is 0 Å². The second-order valence-electron chi connectivity index (χ2n) is 5.24. The molecule has 0 spiro atoms. The molecule has 0 radical (unpaired) electrons. The first-order chi connectivity index (χ1) is 11.9. The lowest BCUT2D eigenvalue weighted by Gasteiger charge is -2.15. The van der Waals surface area contributed by atoms with Gasteiger partial charge in [-0.25, -0.2) is 0 Å². The highest BCUT2D eigenvalue weighted by Gasteiger charge is 2.20. The van der Waals surface area contributed by atoms with Crippen molar-refractivity contribution in [1.82, 2.24) is 0 Å². The molecule has 0 saturated heterocycles. The minimum Gasteiger partial charge on any atom is -0.474 e. The molecule has 2 aromatic rings. The van der Waals surface area contributed by atoms with Crippen molar-refractivity contribution in [3.8, 4) is 5.75 Å². The van der Waals surface area contributed by atoms with E-state index in [1.54, 1.807) is 30.3 Å². The summed E-state index contributed by atoms with van der Waals surface area (Å²) in [5, 5.41) is 16.2. The molecule has 25 heavy (non-hydrogen) atoms. The lowest BCUT2D eigenvalue weighted by atomic mass is 10.2. The van der Waals surface area contributed by atoms with E-state index in [4.69, 9.17) is 4.74 Å². The molecule has 2 rings (SSSR count). The normalized spacial score (nSPS) is 11.3. The highest BCUT2D eigenvalue weighted by Crippen LogP contribution is 2.27. The zero-order valence-corrected chi connectivity index (χ0v) is 13.7. The van der Waals surface area contributed by atoms with Crippen LogP contribution in [0.25, 0.3) is 0 Å². The number of hydrogen-bond donors (Lipinski definition) is 2. The first kappa shape index (κ1) is 17.9. The summed E-state index contributed by atoms with van der Waals surface area (Å²) >= 11 is 0. The van der Waals surface area contributed by atoms with Gasteiger partial charge in [0.25, 0.3) is 5.91 Å². The molecule has 1 atom stereocenters. The molecule has 2 aromatic carbocycles. The Morgan fingerprint density at radius 2 is 1.72 bits per heavy atom. The van der Waals surface area contributed by atoms with Gasteiger partial charge in [-0.15, -0.1) is 0 Å². The third kappa shape index (κ3) is 5.03. The minimum absolute atomic E-state index is 0.0159. The Morgan fingerprint density at radius 3 is 2.36 bits per heavy atom. The van der Waals surface area contributed by atoms with Gasteiger partial charge in [-0.3, -0.25) is 19.7 Å². The van der Waals surface area contributed by atoms with E-state index in [-0.39, 0.29) is 17.3 Å². The zero-order chi connectivity index (χ0) is 18.4. The largest absolute Gasteiger partial charge is 0.474 e. The molecule has 0 fully saturated rings. The molecule has 1 unspecified atom stereocenters. The van der Waals surface area contributed by atoms with Crippen LogP contribution in [-0.2, 0) is 9.59 Å². The first-order valence-electron chi connectivity index (χ1n) is 7.45. The van der Waals surface area contributed by atoms with Crippen molar-refractivity contribution in [1.29, 1.82) is 0 Å². The van der Waals surface area contributed by atoms with Crippen molar-refractivity contribution in [2.75, 3.05) is 10.6 Å². The number of ether oxygens (including phenoxy) is 1. The molecule has 0 aliphatic carbocycles. The van der Waals surface area contributed by atoms with Crippen molar-refractivity contribution in [2.24, 2.45) is 0 Å². The average Bonchev–Trinajstić information content (AvgIpc) is 2.54. The predicted molar refractivity (Wildman–Crippen MR) is 92.6 cm³/mol. The monoisotopic (exact) mass is 343 g/mol. The highest BCUT2D eigenvalue weighted by molar-refractivity contribution is 5.95. The Kier molecular flexibility index (Phi) is 5.67. The summed E-state index contributed by atoms with van der Waals surface area (Å²) in [5.41, 5.74) is 0.793. The quantitative estimate of drug-likeness (QED) is 0.619. The summed E-state index contributed by atoms with van der Waals surface area (Å²) in [6, 6.07) is 12.4. The van der Waals surface area contributed by atoms with Gasteiger partial charge in [-0.2, -0.15) is 0 Å². The molecular weight excluding hydrogens is 326 g/mol. The Morgan fingerprint density at radius 1 is 1.08 bits per heavy atom. The van der Waals surface area contributed by atoms with E-state index in [1.807, 2.05) is 0 Å². The summed E-state index contributed by atoms with van der Waals surface area (Å²) in [6.07, 6.45) is -0.953. The molecule has 0 saturated carbocycles. The van der Waals surface area contributed by atoms with Crippen LogP contribution < -0.4 is 15.4 Å². The van der Waals surface area contributed by atoms with Crippen LogP contribution >= 0.6 is 0 Å². The fourth-order valence-corrected chi connectivity index (χ4v) is 2.07. The summed E-state index contributed by atoms with van der Waals surface area (Å²) in [5.74, 6) is -0.683. The molecular formula is C17H17N3O5. The van der Waals surface area contributed by atoms with Crippen molar-refractivity contribution < 1.29 is 19.2 Å². The average molecular weight is 343 g/mol. The number of anilines is 2. The van der Waals surface area contributed by atoms with Gasteiger partial charge in [0.1, 0.15) is 0 Å². The van der Waals surface area contributed by atoms with Gasteiger partial charge >= 0.3 is 5.69 Å². The molecule has 8 nitrogen and oxygen atoms in total. The molecule has 0 aliphatic rings. The molecule has 0 heterocycles. The fourth-order valence-electron chi connectivity index (χ4n) is 2.07. The lowest BCUT2D eigenvalue weighted by molar-refractivity contribution is -0.386. The van der Waals surface area contributed by atoms with Crippen molar-refractivity contribution in [2.45, 2.75) is 20.0 Å². The summed E-state index contributed by atoms with van der Waals surface area (Å²) in [6.45, 7) is 2.87. The molecule has 0 aliphatic heterocycles. The molecule has 0 aromatic heterocycles. The van der Waals surface area contributed by atoms with Crippen molar-refractivity contribution in [3.63, 3.8) is 0 Å². The number of nitrogens with zero attached hydrogens (tertiary/aromatic N) is 1. The molecule has 2 amide bonds. The maximum atomic E-state index is 12.2. The maximum Gasteiger partial charge on any atom is 0.310 e. The van der Waals surface area contributed by atoms with E-state index >= 15 is 0 Å². The Bertz CT molecular complexity index is 806. The second kappa shape index (κ2) is 7.91. The molecule has 130 valence electrons. The molecule has 8 heteroatoms. The Hall–Kier alpha value is -3.42. The van der Waals surface area contributed by atoms with Crippen LogP contribution in [0.3, 0.4) is 0 Å². The first-order valence-corrected chi connectivity index (χ1v) is 7.45. The van der Waals surface area contributed by atoms with E-state index in [0.29, 0.717) is 11.4 Å². The van der Waals surface area contributed by atoms with E-state index in [1.165, 1.54) is 32.0 Å². The van der Waals surface area contributed by atoms with Gasteiger partial charge in [0, 0.05) is 24.4 Å². The van der Waals surface area contributed by atoms with Crippen LogP contribution in [-0.4, -0.2) is 22.8 Å². The predicted octanol–water partition coefficient (Wildman–Crippen LogP) is 2.96. The smallest absolute Gasteiger partial charge is 0.310 e. The van der Waals surface area contributed by atoms with Crippen LogP contribution in [0.5, 0.6) is 5.75 Å². The Balaban J connectivity index is 2.06. The molecule has 2 N–H and O–H groups in total. The topological polar surface area (TPSA) is 111 Å². The standard InChI is InChI=1S/C17H17N3O5/c1-11(25-16-9-4-3-8-15(16)20(23)24)17(22)19-14-7-5-6-13(10-14)18-12(2)21/h3-11H,1-2H3,(H,18,21)(H,19,22). The number of nitrogens with one attached hydrogen (secondary N) is 2. The van der Waals surface area contributed by atoms with Gasteiger partial charge < -0.3 is 15.4 Å². The van der Waals surface area contributed by atoms with Gasteiger partial charge in [0.15, 0.2) is 11.9 Å². The number of carbonyl (C=O) groups excluding carboxylic acids is 2. The lowest BCUT2D eigenvalue weighted by Crippen LogP contribution is -2.30. The van der Waals surface area contributed by atoms with Gasteiger partial charge in [-0.05, 0) is 31.2 Å². The van der Waals surface area contributed by atoms with Gasteiger partial charge in [0.05, 0.1) is 4.92 Å². The number of amides is 2. The second-order valence-corrected chi connectivity index (χ2v) is 5.24. The van der Waals surface area contributed by atoms with Crippen LogP contribution in [0.2, 0.25) is 0 Å². The number of benzene rings is 2. The number of rotatable bonds is 6. The number of hydrogen-bond acceptors (Lipinski definition) is 5. The third-order valence-electron chi connectivity index (χ3n) is 3.19. The minimum atomic E-state index is -0.953. The molecule has 0 bridgehead atoms. The summed E-state index contributed by atoms with van der Waals surface area (Å²) in [7, 11) is 0. The van der Waals surface area contributed by atoms with Crippen LogP contribution in [0, 0.1) is 10.1 Å². The van der Waals surface area contributed by atoms with Crippen molar-refractivity contribution >= 4 is 28.9 Å². The van der Waals surface area contributed by atoms with E-state index < -0.39 is 16.9 Å². The number of carbonyl (C=O) groups is 2. The van der Waals surface area contributed by atoms with Crippen LogP contribution in [0.1, 0.15) is 13.8 Å². The summed E-state index contributed by atoms with van der Waals surface area (Å²) < 4.78 is 5.41. The van der Waals surface area contributed by atoms with Crippen LogP contribution in [0.15, 0.2) is 48.5 Å². The van der Waals surface area contributed by atoms with Gasteiger partial charge in [0.2, 0.25) is 5.91 Å². The highest BCUT2D eigenvalue weighted by atomic mass is 16.6. The number of para-hydroxylation sites is 2. The Labute approximate surface area is 144 Å². The third-order valence-corrected chi connectivity index (χ3v) is 3.19. The zero-order valence-electron chi connectivity index (χ0n) is 13.7. The van der Waals surface area contributed by atoms with Gasteiger partial charge in [-0.1, -0.05) is 18.2 Å². The maximum absolute atomic E-state index is 12.2. The summed E-state index contributed by atoms with van der Waals surface area (Å²) in [4.78, 5) is 33.7.